The van der Waals surface area contributed by atoms with Crippen molar-refractivity contribution in [3.8, 4) is 0 Å². The third-order valence-electron chi connectivity index (χ3n) is 4.30. The highest BCUT2D eigenvalue weighted by molar-refractivity contribution is 7.09. The number of alkyl halides is 3. The first-order valence-electron chi connectivity index (χ1n) is 9.45. The Labute approximate surface area is 181 Å². The van der Waals surface area contributed by atoms with E-state index in [0.717, 1.165) is 17.1 Å². The summed E-state index contributed by atoms with van der Waals surface area (Å²) in [7, 11) is 0. The fourth-order valence-corrected chi connectivity index (χ4v) is 3.62. The summed E-state index contributed by atoms with van der Waals surface area (Å²) >= 11 is 1.48. The fraction of sp³-hybridized carbons (Fsp3) is 0.227. The van der Waals surface area contributed by atoms with Crippen molar-refractivity contribution >= 4 is 34.5 Å². The first kappa shape index (κ1) is 22.5. The molecule has 2 N–H and O–H groups in total. The number of nitrogens with one attached hydrogen (secondary N) is 2. The summed E-state index contributed by atoms with van der Waals surface area (Å²) in [6, 6.07) is 10.6. The lowest BCUT2D eigenvalue weighted by Gasteiger charge is -2.12. The molecule has 0 bridgehead atoms. The number of hydrogen-bond donors (Lipinski definition) is 2. The van der Waals surface area contributed by atoms with Crippen molar-refractivity contribution < 1.29 is 22.8 Å². The van der Waals surface area contributed by atoms with Crippen LogP contribution < -0.4 is 10.6 Å². The summed E-state index contributed by atoms with van der Waals surface area (Å²) in [5.41, 5.74) is 0.170. The van der Waals surface area contributed by atoms with Gasteiger partial charge in [-0.25, -0.2) is 4.98 Å². The van der Waals surface area contributed by atoms with Gasteiger partial charge >= 0.3 is 6.18 Å². The summed E-state index contributed by atoms with van der Waals surface area (Å²) in [6.07, 6.45) is -4.47. The van der Waals surface area contributed by atoms with Gasteiger partial charge in [-0.15, -0.1) is 11.3 Å². The van der Waals surface area contributed by atoms with Gasteiger partial charge in [0.15, 0.2) is 0 Å². The van der Waals surface area contributed by atoms with Crippen LogP contribution in [0.5, 0.6) is 0 Å². The molecule has 2 amide bonds. The Hall–Kier alpha value is -3.20. The molecule has 2 aromatic carbocycles. The van der Waals surface area contributed by atoms with Crippen LogP contribution in [-0.4, -0.2) is 16.8 Å². The van der Waals surface area contributed by atoms with Crippen molar-refractivity contribution in [2.24, 2.45) is 0 Å². The van der Waals surface area contributed by atoms with Crippen molar-refractivity contribution in [1.29, 1.82) is 0 Å². The summed E-state index contributed by atoms with van der Waals surface area (Å²) in [5, 5.41) is 7.89. The molecule has 9 heteroatoms. The topological polar surface area (TPSA) is 71.1 Å². The zero-order valence-corrected chi connectivity index (χ0v) is 17.6. The van der Waals surface area contributed by atoms with Crippen molar-refractivity contribution in [3.63, 3.8) is 0 Å². The van der Waals surface area contributed by atoms with Crippen LogP contribution in [0.1, 0.15) is 46.4 Å². The van der Waals surface area contributed by atoms with E-state index in [1.54, 1.807) is 18.2 Å². The SMILES string of the molecule is CC(C)c1nc(CC(=O)Nc2ccccc2C(=O)Nc2cccc(C(F)(F)F)c2)cs1. The zero-order chi connectivity index (χ0) is 22.6. The van der Waals surface area contributed by atoms with E-state index in [4.69, 9.17) is 0 Å². The molecule has 0 atom stereocenters. The van der Waals surface area contributed by atoms with E-state index >= 15 is 0 Å². The maximum Gasteiger partial charge on any atom is 0.416 e. The number of carbonyl (C=O) groups is 2. The summed E-state index contributed by atoms with van der Waals surface area (Å²) in [5.74, 6) is -0.715. The van der Waals surface area contributed by atoms with Crippen molar-refractivity contribution in [2.75, 3.05) is 10.6 Å². The summed E-state index contributed by atoms with van der Waals surface area (Å²) in [4.78, 5) is 29.5. The Bertz CT molecular complexity index is 1090. The van der Waals surface area contributed by atoms with Crippen LogP contribution in [0.2, 0.25) is 0 Å². The van der Waals surface area contributed by atoms with Crippen molar-refractivity contribution in [3.05, 3.63) is 75.7 Å². The van der Waals surface area contributed by atoms with E-state index in [1.807, 2.05) is 19.2 Å². The van der Waals surface area contributed by atoms with Gasteiger partial charge < -0.3 is 10.6 Å². The van der Waals surface area contributed by atoms with E-state index < -0.39 is 17.6 Å². The number of benzene rings is 2. The molecule has 0 aliphatic carbocycles. The van der Waals surface area contributed by atoms with Crippen molar-refractivity contribution in [2.45, 2.75) is 32.4 Å². The zero-order valence-electron chi connectivity index (χ0n) is 16.8. The minimum Gasteiger partial charge on any atom is -0.325 e. The van der Waals surface area contributed by atoms with E-state index in [1.165, 1.54) is 29.5 Å². The average Bonchev–Trinajstić information content (AvgIpc) is 3.16. The molecule has 0 unspecified atom stereocenters. The number of hydrogen-bond acceptors (Lipinski definition) is 4. The first-order valence-corrected chi connectivity index (χ1v) is 10.3. The van der Waals surface area contributed by atoms with Crippen LogP contribution in [0, 0.1) is 0 Å². The van der Waals surface area contributed by atoms with Crippen LogP contribution in [0.4, 0.5) is 24.5 Å². The van der Waals surface area contributed by atoms with Crippen LogP contribution in [0.15, 0.2) is 53.9 Å². The number of aromatic nitrogens is 1. The molecule has 0 fully saturated rings. The first-order chi connectivity index (χ1) is 14.6. The number of carbonyl (C=O) groups excluding carboxylic acids is 2. The quantitative estimate of drug-likeness (QED) is 0.508. The van der Waals surface area contributed by atoms with E-state index in [-0.39, 0.29) is 35.2 Å². The number of para-hydroxylation sites is 1. The van der Waals surface area contributed by atoms with Gasteiger partial charge in [-0.05, 0) is 30.3 Å². The normalized spacial score (nSPS) is 11.4. The Morgan fingerprint density at radius 1 is 1.06 bits per heavy atom. The average molecular weight is 447 g/mol. The highest BCUT2D eigenvalue weighted by Gasteiger charge is 2.30. The number of thiazole rings is 1. The van der Waals surface area contributed by atoms with Gasteiger partial charge in [0.25, 0.3) is 5.91 Å². The lowest BCUT2D eigenvalue weighted by atomic mass is 10.1. The standard InChI is InChI=1S/C22H20F3N3O2S/c1-13(2)21-27-16(12-31-21)11-19(29)28-18-9-4-3-8-17(18)20(30)26-15-7-5-6-14(10-15)22(23,24)25/h3-10,12-13H,11H2,1-2H3,(H,26,30)(H,28,29). The second-order valence-corrected chi connectivity index (χ2v) is 8.02. The highest BCUT2D eigenvalue weighted by Crippen LogP contribution is 2.31. The van der Waals surface area contributed by atoms with Crippen LogP contribution in [0.25, 0.3) is 0 Å². The van der Waals surface area contributed by atoms with Gasteiger partial charge in [-0.2, -0.15) is 13.2 Å². The number of anilines is 2. The van der Waals surface area contributed by atoms with Crippen LogP contribution >= 0.6 is 11.3 Å². The molecule has 0 aliphatic heterocycles. The van der Waals surface area contributed by atoms with Gasteiger partial charge in [-0.3, -0.25) is 9.59 Å². The number of amides is 2. The fourth-order valence-electron chi connectivity index (χ4n) is 2.79. The Morgan fingerprint density at radius 2 is 1.81 bits per heavy atom. The molecule has 1 heterocycles. The lowest BCUT2D eigenvalue weighted by Crippen LogP contribution is -2.19. The molecule has 0 radical (unpaired) electrons. The Morgan fingerprint density at radius 3 is 2.48 bits per heavy atom. The smallest absolute Gasteiger partial charge is 0.325 e. The predicted octanol–water partition coefficient (Wildman–Crippen LogP) is 5.72. The molecule has 0 aliphatic rings. The van der Waals surface area contributed by atoms with E-state index in [9.17, 15) is 22.8 Å². The molecule has 1 aromatic heterocycles. The third kappa shape index (κ3) is 5.91. The lowest BCUT2D eigenvalue weighted by molar-refractivity contribution is -0.137. The molecular weight excluding hydrogens is 427 g/mol. The molecule has 0 saturated heterocycles. The minimum absolute atomic E-state index is 0.00430. The molecule has 0 spiro atoms. The molecule has 3 aromatic rings. The monoisotopic (exact) mass is 447 g/mol. The van der Waals surface area contributed by atoms with Crippen LogP contribution in [-0.2, 0) is 17.4 Å². The van der Waals surface area contributed by atoms with Gasteiger partial charge in [0.2, 0.25) is 5.91 Å². The largest absolute Gasteiger partial charge is 0.416 e. The molecule has 3 rings (SSSR count). The van der Waals surface area contributed by atoms with Gasteiger partial charge in [0.1, 0.15) is 0 Å². The predicted molar refractivity (Wildman–Crippen MR) is 114 cm³/mol. The maximum atomic E-state index is 12.9. The number of rotatable bonds is 6. The highest BCUT2D eigenvalue weighted by atomic mass is 32.1. The van der Waals surface area contributed by atoms with Gasteiger partial charge in [0, 0.05) is 17.0 Å². The molecule has 5 nitrogen and oxygen atoms in total. The van der Waals surface area contributed by atoms with Crippen molar-refractivity contribution in [1.82, 2.24) is 4.98 Å². The Kier molecular flexibility index (Phi) is 6.74. The van der Waals surface area contributed by atoms with Crippen LogP contribution in [0.3, 0.4) is 0 Å². The molecule has 31 heavy (non-hydrogen) atoms. The summed E-state index contributed by atoms with van der Waals surface area (Å²) in [6.45, 7) is 4.03. The number of nitrogens with zero attached hydrogens (tertiary/aromatic N) is 1. The molecule has 162 valence electrons. The second-order valence-electron chi connectivity index (χ2n) is 7.14. The van der Waals surface area contributed by atoms with E-state index in [0.29, 0.717) is 5.69 Å². The Balaban J connectivity index is 1.72. The van der Waals surface area contributed by atoms with Gasteiger partial charge in [0.05, 0.1) is 33.9 Å². The molecule has 0 saturated carbocycles. The maximum absolute atomic E-state index is 12.9. The third-order valence-corrected chi connectivity index (χ3v) is 5.49. The van der Waals surface area contributed by atoms with E-state index in [2.05, 4.69) is 15.6 Å². The summed E-state index contributed by atoms with van der Waals surface area (Å²) < 4.78 is 38.7. The van der Waals surface area contributed by atoms with Gasteiger partial charge in [-0.1, -0.05) is 32.0 Å². The second kappa shape index (κ2) is 9.30. The number of halogens is 3. The minimum atomic E-state index is -4.52. The molecular formula is C22H20F3N3O2S.